The van der Waals surface area contributed by atoms with E-state index < -0.39 is 18.1 Å². The molecule has 1 aromatic carbocycles. The van der Waals surface area contributed by atoms with Gasteiger partial charge in [-0.1, -0.05) is 11.6 Å². The summed E-state index contributed by atoms with van der Waals surface area (Å²) in [5.74, 6) is -0.769. The van der Waals surface area contributed by atoms with Crippen LogP contribution in [0.4, 0.5) is 8.78 Å². The van der Waals surface area contributed by atoms with Gasteiger partial charge in [0.1, 0.15) is 0 Å². The fourth-order valence-corrected chi connectivity index (χ4v) is 1.87. The second-order valence-electron chi connectivity index (χ2n) is 4.02. The fourth-order valence-electron chi connectivity index (χ4n) is 1.70. The molecule has 0 aliphatic rings. The number of aromatic nitrogens is 2. The summed E-state index contributed by atoms with van der Waals surface area (Å²) in [5.41, 5.74) is -0.329. The third-order valence-electron chi connectivity index (χ3n) is 2.55. The Hall–Kier alpha value is -2.28. The number of rotatable bonds is 4. The van der Waals surface area contributed by atoms with Gasteiger partial charge in [0.05, 0.1) is 5.69 Å². The smallest absolute Gasteiger partial charge is 0.388 e. The Morgan fingerprint density at radius 2 is 2.05 bits per heavy atom. The molecule has 1 heterocycles. The third kappa shape index (κ3) is 3.43. The average molecular weight is 315 g/mol. The van der Waals surface area contributed by atoms with Gasteiger partial charge in [0, 0.05) is 22.7 Å². The molecule has 0 bridgehead atoms. The minimum Gasteiger partial charge on any atom is -0.415 e. The van der Waals surface area contributed by atoms with E-state index in [0.29, 0.717) is 0 Å². The summed E-state index contributed by atoms with van der Waals surface area (Å²) in [4.78, 5) is 23.4. The first kappa shape index (κ1) is 15.1. The first-order valence-electron chi connectivity index (χ1n) is 5.74. The van der Waals surface area contributed by atoms with Crippen LogP contribution in [-0.4, -0.2) is 22.2 Å². The van der Waals surface area contributed by atoms with Crippen molar-refractivity contribution in [3.05, 3.63) is 51.3 Å². The van der Waals surface area contributed by atoms with Crippen LogP contribution in [0.1, 0.15) is 17.3 Å². The zero-order valence-corrected chi connectivity index (χ0v) is 11.5. The molecule has 0 N–H and O–H groups in total. The summed E-state index contributed by atoms with van der Waals surface area (Å²) in [6.07, 6.45) is 0. The van der Waals surface area contributed by atoms with E-state index in [0.717, 1.165) is 16.8 Å². The summed E-state index contributed by atoms with van der Waals surface area (Å²) < 4.78 is 29.3. The van der Waals surface area contributed by atoms with Crippen molar-refractivity contribution in [2.75, 3.05) is 0 Å². The van der Waals surface area contributed by atoms with Gasteiger partial charge in [-0.05, 0) is 25.1 Å². The zero-order chi connectivity index (χ0) is 15.6. The number of halogens is 3. The monoisotopic (exact) mass is 314 g/mol. The highest BCUT2D eigenvalue weighted by Crippen LogP contribution is 2.20. The molecule has 21 heavy (non-hydrogen) atoms. The van der Waals surface area contributed by atoms with E-state index in [1.807, 2.05) is 0 Å². The van der Waals surface area contributed by atoms with Crippen LogP contribution in [0.3, 0.4) is 0 Å². The van der Waals surface area contributed by atoms with Gasteiger partial charge in [0.25, 0.3) is 5.56 Å². The van der Waals surface area contributed by atoms with E-state index in [9.17, 15) is 18.4 Å². The maximum atomic E-state index is 12.2. The van der Waals surface area contributed by atoms with Crippen molar-refractivity contribution in [3.8, 4) is 11.6 Å². The van der Waals surface area contributed by atoms with E-state index in [1.165, 1.54) is 25.1 Å². The quantitative estimate of drug-likeness (QED) is 0.814. The van der Waals surface area contributed by atoms with Crippen LogP contribution in [0.25, 0.3) is 5.69 Å². The van der Waals surface area contributed by atoms with Crippen LogP contribution < -0.4 is 10.3 Å². The molecule has 0 aliphatic heterocycles. The largest absolute Gasteiger partial charge is 0.415 e. The van der Waals surface area contributed by atoms with Gasteiger partial charge < -0.3 is 4.74 Å². The predicted octanol–water partition coefficient (Wildman–Crippen LogP) is 2.69. The van der Waals surface area contributed by atoms with Crippen LogP contribution in [0.2, 0.25) is 5.02 Å². The fraction of sp³-hybridized carbons (Fsp3) is 0.154. The van der Waals surface area contributed by atoms with Gasteiger partial charge in [0.2, 0.25) is 5.88 Å². The molecule has 8 heteroatoms. The predicted molar refractivity (Wildman–Crippen MR) is 71.5 cm³/mol. The number of hydrogen-bond donors (Lipinski definition) is 0. The van der Waals surface area contributed by atoms with Gasteiger partial charge >= 0.3 is 6.61 Å². The van der Waals surface area contributed by atoms with E-state index >= 15 is 0 Å². The lowest BCUT2D eigenvalue weighted by atomic mass is 10.1. The molecule has 2 rings (SSSR count). The molecule has 0 unspecified atom stereocenters. The highest BCUT2D eigenvalue weighted by Gasteiger charge is 2.14. The number of carbonyl (C=O) groups is 1. The lowest BCUT2D eigenvalue weighted by Crippen LogP contribution is -2.23. The SMILES string of the molecule is CC(=O)c1ccc(Cl)cc1-n1nc(OC(F)F)ccc1=O. The van der Waals surface area contributed by atoms with Gasteiger partial charge in [-0.15, -0.1) is 5.10 Å². The second kappa shape index (κ2) is 6.01. The molecule has 2 aromatic rings. The minimum atomic E-state index is -3.07. The highest BCUT2D eigenvalue weighted by atomic mass is 35.5. The molecule has 0 amide bonds. The van der Waals surface area contributed by atoms with E-state index in [2.05, 4.69) is 9.84 Å². The van der Waals surface area contributed by atoms with Gasteiger partial charge in [-0.3, -0.25) is 9.59 Å². The van der Waals surface area contributed by atoms with Crippen molar-refractivity contribution < 1.29 is 18.3 Å². The van der Waals surface area contributed by atoms with E-state index in [1.54, 1.807) is 0 Å². The first-order chi connectivity index (χ1) is 9.88. The van der Waals surface area contributed by atoms with Crippen molar-refractivity contribution >= 4 is 17.4 Å². The number of benzene rings is 1. The third-order valence-corrected chi connectivity index (χ3v) is 2.79. The first-order valence-corrected chi connectivity index (χ1v) is 6.12. The van der Waals surface area contributed by atoms with Crippen molar-refractivity contribution in [2.45, 2.75) is 13.5 Å². The molecule has 0 atom stereocenters. The Morgan fingerprint density at radius 1 is 1.33 bits per heavy atom. The van der Waals surface area contributed by atoms with Crippen LogP contribution in [0.15, 0.2) is 35.1 Å². The molecular weight excluding hydrogens is 306 g/mol. The van der Waals surface area contributed by atoms with E-state index in [4.69, 9.17) is 11.6 Å². The topological polar surface area (TPSA) is 61.2 Å². The molecule has 0 radical (unpaired) electrons. The summed E-state index contributed by atoms with van der Waals surface area (Å²) in [5, 5.41) is 3.93. The maximum absolute atomic E-state index is 12.2. The Labute approximate surface area is 122 Å². The number of hydrogen-bond acceptors (Lipinski definition) is 4. The van der Waals surface area contributed by atoms with Crippen LogP contribution in [-0.2, 0) is 0 Å². The van der Waals surface area contributed by atoms with Gasteiger partial charge in [-0.25, -0.2) is 0 Å². The number of alkyl halides is 2. The molecule has 0 saturated heterocycles. The van der Waals surface area contributed by atoms with Crippen LogP contribution in [0.5, 0.6) is 5.88 Å². The maximum Gasteiger partial charge on any atom is 0.388 e. The van der Waals surface area contributed by atoms with Crippen LogP contribution >= 0.6 is 11.6 Å². The summed E-state index contributed by atoms with van der Waals surface area (Å²) in [6, 6.07) is 6.28. The molecule has 0 aliphatic carbocycles. The number of carbonyl (C=O) groups excluding carboxylic acids is 1. The second-order valence-corrected chi connectivity index (χ2v) is 4.45. The average Bonchev–Trinajstić information content (AvgIpc) is 2.40. The number of nitrogens with zero attached hydrogens (tertiary/aromatic N) is 2. The molecule has 0 spiro atoms. The van der Waals surface area contributed by atoms with Crippen molar-refractivity contribution in [1.82, 2.24) is 9.78 Å². The van der Waals surface area contributed by atoms with Gasteiger partial charge in [-0.2, -0.15) is 13.5 Å². The Morgan fingerprint density at radius 3 is 2.67 bits per heavy atom. The summed E-state index contributed by atoms with van der Waals surface area (Å²) >= 11 is 5.84. The molecule has 1 aromatic heterocycles. The van der Waals surface area contributed by atoms with Crippen molar-refractivity contribution in [3.63, 3.8) is 0 Å². The van der Waals surface area contributed by atoms with Crippen molar-refractivity contribution in [2.24, 2.45) is 0 Å². The molecule has 0 saturated carbocycles. The lowest BCUT2D eigenvalue weighted by molar-refractivity contribution is -0.0537. The minimum absolute atomic E-state index is 0.0970. The Kier molecular flexibility index (Phi) is 4.32. The van der Waals surface area contributed by atoms with E-state index in [-0.39, 0.29) is 22.1 Å². The van der Waals surface area contributed by atoms with Crippen molar-refractivity contribution in [1.29, 1.82) is 0 Å². The standard InChI is InChI=1S/C13H9ClF2N2O3/c1-7(19)9-3-2-8(14)6-10(9)18-12(20)5-4-11(17-18)21-13(15)16/h2-6,13H,1H3. The Balaban J connectivity index is 2.63. The number of Topliss-reactive ketones (excluding diaryl/α,β-unsaturated/α-hetero) is 1. The van der Waals surface area contributed by atoms with Crippen LogP contribution in [0, 0.1) is 0 Å². The Bertz CT molecular complexity index is 746. The summed E-state index contributed by atoms with van der Waals surface area (Å²) in [6.45, 7) is -1.77. The normalized spacial score (nSPS) is 10.7. The molecule has 0 fully saturated rings. The molecule has 110 valence electrons. The lowest BCUT2D eigenvalue weighted by Gasteiger charge is -2.11. The molecular formula is C13H9ClF2N2O3. The number of ether oxygens (including phenoxy) is 1. The number of ketones is 1. The summed E-state index contributed by atoms with van der Waals surface area (Å²) in [7, 11) is 0. The highest BCUT2D eigenvalue weighted by molar-refractivity contribution is 6.31. The molecule has 5 nitrogen and oxygen atoms in total. The zero-order valence-electron chi connectivity index (χ0n) is 10.7. The van der Waals surface area contributed by atoms with Gasteiger partial charge in [0.15, 0.2) is 5.78 Å².